The van der Waals surface area contributed by atoms with E-state index in [1.54, 1.807) is 17.0 Å². The summed E-state index contributed by atoms with van der Waals surface area (Å²) >= 11 is 6.14. The zero-order chi connectivity index (χ0) is 15.2. The molecule has 1 aliphatic rings. The molecule has 0 atom stereocenters. The maximum absolute atomic E-state index is 12.2. The fraction of sp³-hybridized carbons (Fsp3) is 0.500. The van der Waals surface area contributed by atoms with Gasteiger partial charge in [0.1, 0.15) is 0 Å². The number of likely N-dealkylation sites (tertiary alicyclic amines) is 1. The zero-order valence-corrected chi connectivity index (χ0v) is 13.1. The van der Waals surface area contributed by atoms with Crippen LogP contribution < -0.4 is 4.90 Å². The molecule has 5 heteroatoms. The molecule has 1 heterocycles. The van der Waals surface area contributed by atoms with E-state index in [2.05, 4.69) is 0 Å². The Morgan fingerprint density at radius 1 is 1.19 bits per heavy atom. The molecular formula is C16H21ClN2O2. The van der Waals surface area contributed by atoms with Crippen molar-refractivity contribution in [1.82, 2.24) is 4.90 Å². The average molecular weight is 309 g/mol. The molecule has 0 bridgehead atoms. The standard InChI is InChI=1S/C16H21ClN2O2/c1-13(20)19(15-8-4-3-7-14(15)17)12-9-16(21)18-10-5-2-6-11-18/h3-4,7-8H,2,5-6,9-12H2,1H3. The van der Waals surface area contributed by atoms with Crippen LogP contribution in [0.25, 0.3) is 0 Å². The summed E-state index contributed by atoms with van der Waals surface area (Å²) in [4.78, 5) is 27.5. The van der Waals surface area contributed by atoms with Crippen molar-refractivity contribution in [2.45, 2.75) is 32.6 Å². The lowest BCUT2D eigenvalue weighted by Gasteiger charge is -2.28. The molecule has 1 aromatic rings. The average Bonchev–Trinajstić information content (AvgIpc) is 2.49. The molecule has 0 saturated carbocycles. The van der Waals surface area contributed by atoms with E-state index in [1.807, 2.05) is 17.0 Å². The molecule has 2 rings (SSSR count). The highest BCUT2D eigenvalue weighted by molar-refractivity contribution is 6.33. The highest BCUT2D eigenvalue weighted by Crippen LogP contribution is 2.25. The Morgan fingerprint density at radius 3 is 2.48 bits per heavy atom. The van der Waals surface area contributed by atoms with Gasteiger partial charge in [-0.3, -0.25) is 9.59 Å². The third-order valence-electron chi connectivity index (χ3n) is 3.78. The minimum Gasteiger partial charge on any atom is -0.343 e. The molecule has 0 aromatic heterocycles. The number of halogens is 1. The van der Waals surface area contributed by atoms with Gasteiger partial charge in [0.15, 0.2) is 0 Å². The monoisotopic (exact) mass is 308 g/mol. The molecule has 4 nitrogen and oxygen atoms in total. The van der Waals surface area contributed by atoms with Crippen molar-refractivity contribution >= 4 is 29.1 Å². The number of carbonyl (C=O) groups is 2. The topological polar surface area (TPSA) is 40.6 Å². The third-order valence-corrected chi connectivity index (χ3v) is 4.10. The molecule has 114 valence electrons. The van der Waals surface area contributed by atoms with Crippen LogP contribution in [0.5, 0.6) is 0 Å². The maximum atomic E-state index is 12.2. The maximum Gasteiger partial charge on any atom is 0.224 e. The van der Waals surface area contributed by atoms with E-state index in [0.29, 0.717) is 23.7 Å². The number of hydrogen-bond donors (Lipinski definition) is 0. The number of nitrogens with zero attached hydrogens (tertiary/aromatic N) is 2. The van der Waals surface area contributed by atoms with Crippen LogP contribution in [-0.4, -0.2) is 36.3 Å². The molecule has 0 spiro atoms. The van der Waals surface area contributed by atoms with Gasteiger partial charge in [-0.05, 0) is 31.4 Å². The Morgan fingerprint density at radius 2 is 1.86 bits per heavy atom. The predicted molar refractivity (Wildman–Crippen MR) is 84.5 cm³/mol. The van der Waals surface area contributed by atoms with Crippen molar-refractivity contribution in [3.05, 3.63) is 29.3 Å². The van der Waals surface area contributed by atoms with Gasteiger partial charge in [-0.15, -0.1) is 0 Å². The van der Waals surface area contributed by atoms with Gasteiger partial charge in [-0.1, -0.05) is 23.7 Å². The lowest BCUT2D eigenvalue weighted by atomic mass is 10.1. The zero-order valence-electron chi connectivity index (χ0n) is 12.3. The second-order valence-corrected chi connectivity index (χ2v) is 5.72. The fourth-order valence-corrected chi connectivity index (χ4v) is 2.86. The van der Waals surface area contributed by atoms with Crippen LogP contribution in [-0.2, 0) is 9.59 Å². The number of carbonyl (C=O) groups excluding carboxylic acids is 2. The first kappa shape index (κ1) is 15.8. The number of para-hydroxylation sites is 1. The molecule has 0 radical (unpaired) electrons. The van der Waals surface area contributed by atoms with E-state index in [4.69, 9.17) is 11.6 Å². The minimum absolute atomic E-state index is 0.102. The Hall–Kier alpha value is -1.55. The number of amides is 2. The van der Waals surface area contributed by atoms with Gasteiger partial charge < -0.3 is 9.80 Å². The molecule has 0 N–H and O–H groups in total. The molecule has 1 aromatic carbocycles. The number of benzene rings is 1. The second-order valence-electron chi connectivity index (χ2n) is 5.31. The van der Waals surface area contributed by atoms with Crippen LogP contribution in [0.1, 0.15) is 32.6 Å². The summed E-state index contributed by atoms with van der Waals surface area (Å²) in [5, 5.41) is 0.526. The van der Waals surface area contributed by atoms with Crippen LogP contribution in [0.2, 0.25) is 5.02 Å². The van der Waals surface area contributed by atoms with Crippen molar-refractivity contribution in [2.75, 3.05) is 24.5 Å². The molecular weight excluding hydrogens is 288 g/mol. The predicted octanol–water partition coefficient (Wildman–Crippen LogP) is 3.10. The molecule has 1 aliphatic heterocycles. The molecule has 1 saturated heterocycles. The first-order valence-electron chi connectivity index (χ1n) is 7.40. The van der Waals surface area contributed by atoms with Gasteiger partial charge in [-0.2, -0.15) is 0 Å². The number of hydrogen-bond acceptors (Lipinski definition) is 2. The second kappa shape index (κ2) is 7.46. The lowest BCUT2D eigenvalue weighted by molar-refractivity contribution is -0.131. The first-order chi connectivity index (χ1) is 10.1. The molecule has 2 amide bonds. The summed E-state index contributed by atoms with van der Waals surface area (Å²) < 4.78 is 0. The normalized spacial score (nSPS) is 14.9. The lowest BCUT2D eigenvalue weighted by Crippen LogP contribution is -2.39. The first-order valence-corrected chi connectivity index (χ1v) is 7.78. The quantitative estimate of drug-likeness (QED) is 0.857. The van der Waals surface area contributed by atoms with Gasteiger partial charge in [0.2, 0.25) is 11.8 Å². The fourth-order valence-electron chi connectivity index (χ4n) is 2.63. The molecule has 0 unspecified atom stereocenters. The summed E-state index contributed by atoms with van der Waals surface area (Å²) in [5.74, 6) is 0.0162. The summed E-state index contributed by atoms with van der Waals surface area (Å²) in [6.45, 7) is 3.54. The summed E-state index contributed by atoms with van der Waals surface area (Å²) in [5.41, 5.74) is 0.665. The third kappa shape index (κ3) is 4.21. The number of piperidine rings is 1. The Labute approximate surface area is 130 Å². The van der Waals surface area contributed by atoms with Crippen molar-refractivity contribution in [3.8, 4) is 0 Å². The smallest absolute Gasteiger partial charge is 0.224 e. The van der Waals surface area contributed by atoms with Gasteiger partial charge in [0.25, 0.3) is 0 Å². The largest absolute Gasteiger partial charge is 0.343 e. The highest BCUT2D eigenvalue weighted by Gasteiger charge is 2.20. The number of anilines is 1. The van der Waals surface area contributed by atoms with Gasteiger partial charge in [0.05, 0.1) is 10.7 Å². The SMILES string of the molecule is CC(=O)N(CCC(=O)N1CCCCC1)c1ccccc1Cl. The van der Waals surface area contributed by atoms with E-state index < -0.39 is 0 Å². The van der Waals surface area contributed by atoms with Crippen LogP contribution in [0.4, 0.5) is 5.69 Å². The van der Waals surface area contributed by atoms with Gasteiger partial charge in [-0.25, -0.2) is 0 Å². The summed E-state index contributed by atoms with van der Waals surface area (Å²) in [7, 11) is 0. The summed E-state index contributed by atoms with van der Waals surface area (Å²) in [6.07, 6.45) is 3.69. The summed E-state index contributed by atoms with van der Waals surface area (Å²) in [6, 6.07) is 7.21. The van der Waals surface area contributed by atoms with Gasteiger partial charge >= 0.3 is 0 Å². The highest BCUT2D eigenvalue weighted by atomic mass is 35.5. The van der Waals surface area contributed by atoms with E-state index in [1.165, 1.54) is 13.3 Å². The van der Waals surface area contributed by atoms with E-state index in [9.17, 15) is 9.59 Å². The Balaban J connectivity index is 1.99. The molecule has 0 aliphatic carbocycles. The Kier molecular flexibility index (Phi) is 5.62. The van der Waals surface area contributed by atoms with E-state index in [0.717, 1.165) is 25.9 Å². The Bertz CT molecular complexity index is 513. The molecule has 21 heavy (non-hydrogen) atoms. The van der Waals surface area contributed by atoms with E-state index in [-0.39, 0.29) is 11.8 Å². The van der Waals surface area contributed by atoms with Crippen LogP contribution in [0.15, 0.2) is 24.3 Å². The van der Waals surface area contributed by atoms with Crippen LogP contribution >= 0.6 is 11.6 Å². The van der Waals surface area contributed by atoms with Gasteiger partial charge in [0, 0.05) is 33.0 Å². The molecule has 1 fully saturated rings. The minimum atomic E-state index is -0.102. The van der Waals surface area contributed by atoms with Crippen LogP contribution in [0, 0.1) is 0 Å². The number of rotatable bonds is 4. The van der Waals surface area contributed by atoms with Crippen molar-refractivity contribution in [2.24, 2.45) is 0 Å². The van der Waals surface area contributed by atoms with Crippen molar-refractivity contribution in [3.63, 3.8) is 0 Å². The van der Waals surface area contributed by atoms with Crippen LogP contribution in [0.3, 0.4) is 0 Å². The van der Waals surface area contributed by atoms with Crippen molar-refractivity contribution in [1.29, 1.82) is 0 Å². The van der Waals surface area contributed by atoms with Crippen molar-refractivity contribution < 1.29 is 9.59 Å². The van der Waals surface area contributed by atoms with E-state index >= 15 is 0 Å².